The fourth-order valence-electron chi connectivity index (χ4n) is 1.88. The maximum absolute atomic E-state index is 13.0. The Morgan fingerprint density at radius 2 is 1.95 bits per heavy atom. The average molecular weight is 287 g/mol. The van der Waals surface area contributed by atoms with Gasteiger partial charge in [0, 0.05) is 11.8 Å². The van der Waals surface area contributed by atoms with Gasteiger partial charge in [-0.3, -0.25) is 4.79 Å². The highest BCUT2D eigenvalue weighted by Gasteiger charge is 2.06. The van der Waals surface area contributed by atoms with E-state index >= 15 is 0 Å². The lowest BCUT2D eigenvalue weighted by molar-refractivity contribution is -0.118. The van der Waals surface area contributed by atoms with Crippen LogP contribution in [0, 0.1) is 5.82 Å². The molecule has 0 radical (unpaired) electrons. The van der Waals surface area contributed by atoms with Crippen LogP contribution in [0.4, 0.5) is 10.1 Å². The van der Waals surface area contributed by atoms with Gasteiger partial charge >= 0.3 is 0 Å². The van der Waals surface area contributed by atoms with Crippen LogP contribution in [-0.4, -0.2) is 12.5 Å². The predicted octanol–water partition coefficient (Wildman–Crippen LogP) is 3.97. The Bertz CT molecular complexity index is 626. The second-order valence-corrected chi connectivity index (χ2v) is 5.07. The minimum atomic E-state index is -0.391. The molecule has 21 heavy (non-hydrogen) atoms. The van der Waals surface area contributed by atoms with Crippen LogP contribution < -0.4 is 10.1 Å². The van der Waals surface area contributed by atoms with Crippen LogP contribution in [0.25, 0.3) is 0 Å². The molecule has 0 aliphatic heterocycles. The highest BCUT2D eigenvalue weighted by Crippen LogP contribution is 2.18. The van der Waals surface area contributed by atoms with Gasteiger partial charge in [0.25, 0.3) is 5.91 Å². The summed E-state index contributed by atoms with van der Waals surface area (Å²) in [6, 6.07) is 13.4. The zero-order valence-electron chi connectivity index (χ0n) is 12.1. The number of anilines is 1. The summed E-state index contributed by atoms with van der Waals surface area (Å²) in [5, 5.41) is 2.76. The van der Waals surface area contributed by atoms with Crippen molar-refractivity contribution < 1.29 is 13.9 Å². The molecule has 0 aliphatic rings. The molecule has 0 saturated heterocycles. The van der Waals surface area contributed by atoms with Crippen LogP contribution >= 0.6 is 0 Å². The minimum Gasteiger partial charge on any atom is -0.484 e. The summed E-state index contributed by atoms with van der Waals surface area (Å²) in [4.78, 5) is 11.8. The highest BCUT2D eigenvalue weighted by molar-refractivity contribution is 5.91. The van der Waals surface area contributed by atoms with E-state index in [1.165, 1.54) is 18.2 Å². The molecule has 0 heterocycles. The first kappa shape index (κ1) is 15.0. The predicted molar refractivity (Wildman–Crippen MR) is 81.1 cm³/mol. The van der Waals surface area contributed by atoms with E-state index in [4.69, 9.17) is 4.74 Å². The Morgan fingerprint density at radius 1 is 1.19 bits per heavy atom. The molecule has 0 aliphatic carbocycles. The molecule has 0 saturated carbocycles. The van der Waals surface area contributed by atoms with Gasteiger partial charge < -0.3 is 10.1 Å². The van der Waals surface area contributed by atoms with E-state index in [2.05, 4.69) is 19.2 Å². The van der Waals surface area contributed by atoms with Crippen LogP contribution in [0.5, 0.6) is 5.75 Å². The van der Waals surface area contributed by atoms with Crippen molar-refractivity contribution in [1.29, 1.82) is 0 Å². The number of amides is 1. The van der Waals surface area contributed by atoms with Crippen molar-refractivity contribution in [2.45, 2.75) is 19.8 Å². The van der Waals surface area contributed by atoms with Crippen molar-refractivity contribution in [3.05, 3.63) is 59.9 Å². The van der Waals surface area contributed by atoms with Gasteiger partial charge in [-0.1, -0.05) is 32.0 Å². The van der Waals surface area contributed by atoms with Gasteiger partial charge in [0.1, 0.15) is 11.6 Å². The third-order valence-corrected chi connectivity index (χ3v) is 3.00. The van der Waals surface area contributed by atoms with Crippen molar-refractivity contribution in [1.82, 2.24) is 0 Å². The fraction of sp³-hybridized carbons (Fsp3) is 0.235. The van der Waals surface area contributed by atoms with Gasteiger partial charge in [0.15, 0.2) is 6.61 Å². The smallest absolute Gasteiger partial charge is 0.262 e. The molecular formula is C17H18FNO2. The molecule has 2 aromatic rings. The molecule has 2 rings (SSSR count). The summed E-state index contributed by atoms with van der Waals surface area (Å²) in [5.74, 6) is 0.0594. The molecule has 0 bridgehead atoms. The Morgan fingerprint density at radius 3 is 2.67 bits per heavy atom. The van der Waals surface area contributed by atoms with E-state index in [0.717, 1.165) is 11.3 Å². The number of rotatable bonds is 5. The van der Waals surface area contributed by atoms with Crippen molar-refractivity contribution in [3.63, 3.8) is 0 Å². The first-order valence-corrected chi connectivity index (χ1v) is 6.83. The van der Waals surface area contributed by atoms with Crippen LogP contribution in [0.3, 0.4) is 0 Å². The van der Waals surface area contributed by atoms with E-state index in [1.807, 2.05) is 24.3 Å². The van der Waals surface area contributed by atoms with Crippen molar-refractivity contribution in [3.8, 4) is 5.75 Å². The van der Waals surface area contributed by atoms with Crippen LogP contribution in [0.2, 0.25) is 0 Å². The molecule has 0 spiro atoms. The lowest BCUT2D eigenvalue weighted by Gasteiger charge is -2.10. The molecular weight excluding hydrogens is 269 g/mol. The number of hydrogen-bond acceptors (Lipinski definition) is 2. The van der Waals surface area contributed by atoms with Crippen LogP contribution in [0.15, 0.2) is 48.5 Å². The number of ether oxygens (including phenoxy) is 1. The Balaban J connectivity index is 1.91. The van der Waals surface area contributed by atoms with Crippen molar-refractivity contribution in [2.24, 2.45) is 0 Å². The van der Waals surface area contributed by atoms with Crippen molar-refractivity contribution >= 4 is 11.6 Å². The Hall–Kier alpha value is -2.36. The molecule has 3 nitrogen and oxygen atoms in total. The quantitative estimate of drug-likeness (QED) is 0.903. The fourth-order valence-corrected chi connectivity index (χ4v) is 1.88. The lowest BCUT2D eigenvalue weighted by Crippen LogP contribution is -2.20. The molecule has 110 valence electrons. The Labute approximate surface area is 123 Å². The lowest BCUT2D eigenvalue weighted by atomic mass is 10.0. The molecule has 4 heteroatoms. The number of benzene rings is 2. The third kappa shape index (κ3) is 4.60. The highest BCUT2D eigenvalue weighted by atomic mass is 19.1. The topological polar surface area (TPSA) is 38.3 Å². The van der Waals surface area contributed by atoms with Gasteiger partial charge in [0.2, 0.25) is 0 Å². The third-order valence-electron chi connectivity index (χ3n) is 3.00. The number of carbonyl (C=O) groups is 1. The van der Waals surface area contributed by atoms with Crippen LogP contribution in [-0.2, 0) is 4.79 Å². The number of carbonyl (C=O) groups excluding carboxylic acids is 1. The van der Waals surface area contributed by atoms with Gasteiger partial charge in [0.05, 0.1) is 0 Å². The van der Waals surface area contributed by atoms with Gasteiger partial charge in [-0.05, 0) is 35.7 Å². The van der Waals surface area contributed by atoms with E-state index in [0.29, 0.717) is 11.7 Å². The minimum absolute atomic E-state index is 0.157. The SMILES string of the molecule is CC(C)c1cccc(NC(=O)COc2cccc(F)c2)c1. The van der Waals surface area contributed by atoms with Crippen LogP contribution in [0.1, 0.15) is 25.3 Å². The van der Waals surface area contributed by atoms with Crippen molar-refractivity contribution in [2.75, 3.05) is 11.9 Å². The summed E-state index contributed by atoms with van der Waals surface area (Å²) in [6.07, 6.45) is 0. The second-order valence-electron chi connectivity index (χ2n) is 5.07. The second kappa shape index (κ2) is 6.88. The van der Waals surface area contributed by atoms with Gasteiger partial charge in [-0.25, -0.2) is 4.39 Å². The molecule has 0 unspecified atom stereocenters. The van der Waals surface area contributed by atoms with E-state index < -0.39 is 5.82 Å². The maximum Gasteiger partial charge on any atom is 0.262 e. The molecule has 2 aromatic carbocycles. The molecule has 0 fully saturated rings. The number of hydrogen-bond donors (Lipinski definition) is 1. The van der Waals surface area contributed by atoms with E-state index in [-0.39, 0.29) is 12.5 Å². The first-order chi connectivity index (χ1) is 10.0. The normalized spacial score (nSPS) is 10.5. The summed E-state index contributed by atoms with van der Waals surface area (Å²) < 4.78 is 18.2. The summed E-state index contributed by atoms with van der Waals surface area (Å²) in [5.41, 5.74) is 1.88. The average Bonchev–Trinajstić information content (AvgIpc) is 2.45. The zero-order valence-corrected chi connectivity index (χ0v) is 12.1. The molecule has 0 aromatic heterocycles. The van der Waals surface area contributed by atoms with Gasteiger partial charge in [-0.2, -0.15) is 0 Å². The van der Waals surface area contributed by atoms with E-state index in [1.54, 1.807) is 6.07 Å². The molecule has 1 N–H and O–H groups in total. The molecule has 1 amide bonds. The zero-order chi connectivity index (χ0) is 15.2. The van der Waals surface area contributed by atoms with E-state index in [9.17, 15) is 9.18 Å². The standard InChI is InChI=1S/C17H18FNO2/c1-12(2)13-5-3-7-15(9-13)19-17(20)11-21-16-8-4-6-14(18)10-16/h3-10,12H,11H2,1-2H3,(H,19,20). The molecule has 0 atom stereocenters. The number of nitrogens with one attached hydrogen (secondary N) is 1. The first-order valence-electron chi connectivity index (χ1n) is 6.83. The summed E-state index contributed by atoms with van der Waals surface area (Å²) >= 11 is 0. The monoisotopic (exact) mass is 287 g/mol. The Kier molecular flexibility index (Phi) is 4.93. The van der Waals surface area contributed by atoms with Gasteiger partial charge in [-0.15, -0.1) is 0 Å². The largest absolute Gasteiger partial charge is 0.484 e. The number of halogens is 1. The maximum atomic E-state index is 13.0. The summed E-state index contributed by atoms with van der Waals surface area (Å²) in [6.45, 7) is 4.03. The summed E-state index contributed by atoms with van der Waals surface area (Å²) in [7, 11) is 0.